The van der Waals surface area contributed by atoms with Crippen LogP contribution in [-0.2, 0) is 16.1 Å². The number of ether oxygens (including phenoxy) is 1. The van der Waals surface area contributed by atoms with E-state index >= 15 is 0 Å². The molecule has 2 aromatic rings. The molecule has 1 fully saturated rings. The first-order chi connectivity index (χ1) is 13.0. The Bertz CT molecular complexity index is 778. The largest absolute Gasteiger partial charge is 0.480 e. The summed E-state index contributed by atoms with van der Waals surface area (Å²) in [5, 5.41) is 8.91. The van der Waals surface area contributed by atoms with Crippen LogP contribution in [0.1, 0.15) is 11.1 Å². The minimum Gasteiger partial charge on any atom is -0.480 e. The Morgan fingerprint density at radius 1 is 1.26 bits per heavy atom. The van der Waals surface area contributed by atoms with Crippen LogP contribution < -0.4 is 0 Å². The van der Waals surface area contributed by atoms with Crippen molar-refractivity contribution >= 4 is 5.97 Å². The fraction of sp³-hybridized carbons (Fsp3) is 0.409. The first-order valence-electron chi connectivity index (χ1n) is 9.40. The van der Waals surface area contributed by atoms with Gasteiger partial charge in [0.2, 0.25) is 0 Å². The van der Waals surface area contributed by atoms with Crippen LogP contribution >= 0.6 is 0 Å². The Labute approximate surface area is 161 Å². The molecule has 0 amide bonds. The van der Waals surface area contributed by atoms with E-state index < -0.39 is 5.97 Å². The lowest BCUT2D eigenvalue weighted by atomic mass is 9.99. The van der Waals surface area contributed by atoms with Crippen molar-refractivity contribution in [2.45, 2.75) is 19.6 Å². The summed E-state index contributed by atoms with van der Waals surface area (Å²) < 4.78 is 5.83. The molecule has 0 saturated carbocycles. The fourth-order valence-electron chi connectivity index (χ4n) is 3.67. The van der Waals surface area contributed by atoms with Gasteiger partial charge in [0.05, 0.1) is 19.3 Å². The fourth-order valence-corrected chi connectivity index (χ4v) is 3.67. The standard InChI is InChI=1S/C22H28N2O3/c1-17-6-3-4-9-21(17)19-8-5-7-18(12-19)13-24-10-11-27-20(15-24)14-23(2)16-22(25)26/h3-9,12,20H,10-11,13-16H2,1-2H3,(H,25,26). The number of morpholine rings is 1. The average molecular weight is 368 g/mol. The molecule has 1 N–H and O–H groups in total. The highest BCUT2D eigenvalue weighted by atomic mass is 16.5. The van der Waals surface area contributed by atoms with Crippen LogP contribution in [0, 0.1) is 6.92 Å². The van der Waals surface area contributed by atoms with E-state index in [-0.39, 0.29) is 12.6 Å². The molecule has 5 nitrogen and oxygen atoms in total. The molecule has 1 saturated heterocycles. The molecular weight excluding hydrogens is 340 g/mol. The molecule has 2 aromatic carbocycles. The van der Waals surface area contributed by atoms with Gasteiger partial charge in [-0.15, -0.1) is 0 Å². The summed E-state index contributed by atoms with van der Waals surface area (Å²) in [7, 11) is 1.82. The van der Waals surface area contributed by atoms with E-state index in [1.54, 1.807) is 4.90 Å². The SMILES string of the molecule is Cc1ccccc1-c1cccc(CN2CCOC(CN(C)CC(=O)O)C2)c1. The van der Waals surface area contributed by atoms with Crippen LogP contribution in [0.4, 0.5) is 0 Å². The zero-order valence-electron chi connectivity index (χ0n) is 16.1. The van der Waals surface area contributed by atoms with E-state index in [1.165, 1.54) is 22.3 Å². The van der Waals surface area contributed by atoms with E-state index in [1.807, 2.05) is 7.05 Å². The minimum absolute atomic E-state index is 0.0400. The van der Waals surface area contributed by atoms with Gasteiger partial charge in [-0.2, -0.15) is 0 Å². The minimum atomic E-state index is -0.807. The Morgan fingerprint density at radius 3 is 2.85 bits per heavy atom. The van der Waals surface area contributed by atoms with Crippen molar-refractivity contribution < 1.29 is 14.6 Å². The number of likely N-dealkylation sites (N-methyl/N-ethyl adjacent to an activating group) is 1. The van der Waals surface area contributed by atoms with Crippen molar-refractivity contribution in [1.82, 2.24) is 9.80 Å². The molecule has 1 unspecified atom stereocenters. The number of hydrogen-bond acceptors (Lipinski definition) is 4. The van der Waals surface area contributed by atoms with Gasteiger partial charge >= 0.3 is 5.97 Å². The highest BCUT2D eigenvalue weighted by Gasteiger charge is 2.22. The number of nitrogens with zero attached hydrogens (tertiary/aromatic N) is 2. The lowest BCUT2D eigenvalue weighted by Crippen LogP contribution is -2.47. The topological polar surface area (TPSA) is 53.0 Å². The molecule has 1 heterocycles. The van der Waals surface area contributed by atoms with Gasteiger partial charge in [-0.05, 0) is 42.3 Å². The molecule has 1 atom stereocenters. The lowest BCUT2D eigenvalue weighted by Gasteiger charge is -2.34. The summed E-state index contributed by atoms with van der Waals surface area (Å²) in [6.45, 7) is 6.09. The Morgan fingerprint density at radius 2 is 2.07 bits per heavy atom. The summed E-state index contributed by atoms with van der Waals surface area (Å²) in [6, 6.07) is 17.2. The van der Waals surface area contributed by atoms with Gasteiger partial charge in [-0.3, -0.25) is 14.6 Å². The maximum Gasteiger partial charge on any atom is 0.317 e. The van der Waals surface area contributed by atoms with Gasteiger partial charge in [-0.25, -0.2) is 0 Å². The molecular formula is C22H28N2O3. The summed E-state index contributed by atoms with van der Waals surface area (Å²) in [5.41, 5.74) is 5.09. The number of carboxylic acid groups (broad SMARTS) is 1. The third-order valence-electron chi connectivity index (χ3n) is 4.93. The van der Waals surface area contributed by atoms with Crippen molar-refractivity contribution in [2.75, 3.05) is 39.8 Å². The molecule has 1 aliphatic rings. The van der Waals surface area contributed by atoms with Gasteiger partial charge in [0.25, 0.3) is 0 Å². The second-order valence-electron chi connectivity index (χ2n) is 7.33. The molecule has 3 rings (SSSR count). The van der Waals surface area contributed by atoms with E-state index in [4.69, 9.17) is 9.84 Å². The monoisotopic (exact) mass is 368 g/mol. The van der Waals surface area contributed by atoms with E-state index in [9.17, 15) is 4.79 Å². The van der Waals surface area contributed by atoms with Crippen LogP contribution in [0.5, 0.6) is 0 Å². The van der Waals surface area contributed by atoms with Crippen LogP contribution in [0.2, 0.25) is 0 Å². The highest BCUT2D eigenvalue weighted by Crippen LogP contribution is 2.24. The molecule has 0 aromatic heterocycles. The maximum absolute atomic E-state index is 10.8. The normalized spacial score (nSPS) is 18.0. The van der Waals surface area contributed by atoms with Gasteiger partial charge in [0.1, 0.15) is 0 Å². The number of carboxylic acids is 1. The van der Waals surface area contributed by atoms with Gasteiger partial charge in [-0.1, -0.05) is 42.5 Å². The molecule has 0 aliphatic carbocycles. The molecule has 1 aliphatic heterocycles. The number of hydrogen-bond donors (Lipinski definition) is 1. The second kappa shape index (κ2) is 9.13. The summed E-state index contributed by atoms with van der Waals surface area (Å²) in [5.74, 6) is -0.807. The van der Waals surface area contributed by atoms with Crippen LogP contribution in [0.25, 0.3) is 11.1 Å². The zero-order chi connectivity index (χ0) is 19.2. The van der Waals surface area contributed by atoms with Crippen molar-refractivity contribution in [3.63, 3.8) is 0 Å². The average Bonchev–Trinajstić information content (AvgIpc) is 2.62. The van der Waals surface area contributed by atoms with E-state index in [0.29, 0.717) is 13.2 Å². The summed E-state index contributed by atoms with van der Waals surface area (Å²) in [4.78, 5) is 15.0. The van der Waals surface area contributed by atoms with E-state index in [0.717, 1.165) is 19.6 Å². The number of aliphatic carboxylic acids is 1. The highest BCUT2D eigenvalue weighted by molar-refractivity contribution is 5.69. The Kier molecular flexibility index (Phi) is 6.61. The quantitative estimate of drug-likeness (QED) is 0.814. The van der Waals surface area contributed by atoms with Gasteiger partial charge in [0, 0.05) is 26.2 Å². The van der Waals surface area contributed by atoms with Crippen molar-refractivity contribution in [2.24, 2.45) is 0 Å². The van der Waals surface area contributed by atoms with Crippen molar-refractivity contribution in [3.8, 4) is 11.1 Å². The second-order valence-corrected chi connectivity index (χ2v) is 7.33. The van der Waals surface area contributed by atoms with Crippen LogP contribution in [0.3, 0.4) is 0 Å². The number of aryl methyl sites for hydroxylation is 1. The Hall–Kier alpha value is -2.21. The molecule has 0 bridgehead atoms. The number of carbonyl (C=O) groups is 1. The lowest BCUT2D eigenvalue weighted by molar-refractivity contribution is -0.138. The van der Waals surface area contributed by atoms with Crippen molar-refractivity contribution in [1.29, 1.82) is 0 Å². The smallest absolute Gasteiger partial charge is 0.317 e. The number of benzene rings is 2. The summed E-state index contributed by atoms with van der Waals surface area (Å²) >= 11 is 0. The van der Waals surface area contributed by atoms with Crippen molar-refractivity contribution in [3.05, 3.63) is 59.7 Å². The third-order valence-corrected chi connectivity index (χ3v) is 4.93. The molecule has 27 heavy (non-hydrogen) atoms. The molecule has 0 spiro atoms. The van der Waals surface area contributed by atoms with Gasteiger partial charge in [0.15, 0.2) is 0 Å². The predicted octanol–water partition coefficient (Wildman–Crippen LogP) is 2.88. The first-order valence-corrected chi connectivity index (χ1v) is 9.40. The molecule has 0 radical (unpaired) electrons. The van der Waals surface area contributed by atoms with Gasteiger partial charge < -0.3 is 9.84 Å². The van der Waals surface area contributed by atoms with Crippen LogP contribution in [0.15, 0.2) is 48.5 Å². The predicted molar refractivity (Wildman–Crippen MR) is 107 cm³/mol. The third kappa shape index (κ3) is 5.63. The first kappa shape index (κ1) is 19.5. The molecule has 144 valence electrons. The number of rotatable bonds is 7. The zero-order valence-corrected chi connectivity index (χ0v) is 16.1. The Balaban J connectivity index is 1.62. The maximum atomic E-state index is 10.8. The molecule has 5 heteroatoms. The van der Waals surface area contributed by atoms with E-state index in [2.05, 4.69) is 60.4 Å². The summed E-state index contributed by atoms with van der Waals surface area (Å²) in [6.07, 6.45) is 0.0441. The van der Waals surface area contributed by atoms with Crippen LogP contribution in [-0.4, -0.2) is 66.8 Å².